The SMILES string of the molecule is O=C1c2cccc(Cc3ccccc3)c2NC1C(=O)N1CCC(n2c(=O)[nH]c3ccccc32)CC1. The van der Waals surface area contributed by atoms with E-state index in [4.69, 9.17) is 0 Å². The summed E-state index contributed by atoms with van der Waals surface area (Å²) in [6.07, 6.45) is 2.02. The van der Waals surface area contributed by atoms with Crippen molar-refractivity contribution < 1.29 is 9.59 Å². The molecule has 3 heterocycles. The van der Waals surface area contributed by atoms with Crippen LogP contribution >= 0.6 is 0 Å². The molecule has 0 aliphatic carbocycles. The van der Waals surface area contributed by atoms with E-state index in [1.165, 1.54) is 0 Å². The van der Waals surface area contributed by atoms with Gasteiger partial charge in [-0.2, -0.15) is 0 Å². The van der Waals surface area contributed by atoms with Crippen molar-refractivity contribution in [2.24, 2.45) is 0 Å². The van der Waals surface area contributed by atoms with Gasteiger partial charge in [-0.1, -0.05) is 54.6 Å². The van der Waals surface area contributed by atoms with Crippen LogP contribution in [0.5, 0.6) is 0 Å². The highest BCUT2D eigenvalue weighted by molar-refractivity contribution is 6.21. The van der Waals surface area contributed by atoms with Gasteiger partial charge in [-0.05, 0) is 48.6 Å². The van der Waals surface area contributed by atoms with Gasteiger partial charge in [-0.25, -0.2) is 4.79 Å². The number of nitrogens with one attached hydrogen (secondary N) is 2. The number of carbonyl (C=O) groups excluding carboxylic acids is 2. The smallest absolute Gasteiger partial charge is 0.326 e. The first-order valence-corrected chi connectivity index (χ1v) is 12.0. The van der Waals surface area contributed by atoms with Crippen molar-refractivity contribution in [2.75, 3.05) is 18.4 Å². The third-order valence-corrected chi connectivity index (χ3v) is 7.22. The molecule has 0 spiro atoms. The minimum atomic E-state index is -0.894. The molecule has 1 amide bonds. The van der Waals surface area contributed by atoms with Crippen LogP contribution in [0.2, 0.25) is 0 Å². The number of hydrogen-bond donors (Lipinski definition) is 2. The molecule has 1 saturated heterocycles. The minimum absolute atomic E-state index is 0.0182. The number of fused-ring (bicyclic) bond motifs is 2. The number of likely N-dealkylation sites (tertiary alicyclic amines) is 1. The number of rotatable bonds is 4. The zero-order valence-corrected chi connectivity index (χ0v) is 19.2. The van der Waals surface area contributed by atoms with E-state index in [1.54, 1.807) is 11.0 Å². The summed E-state index contributed by atoms with van der Waals surface area (Å²) >= 11 is 0. The van der Waals surface area contributed by atoms with Gasteiger partial charge in [0, 0.05) is 30.4 Å². The summed E-state index contributed by atoms with van der Waals surface area (Å²) in [6.45, 7) is 1.02. The summed E-state index contributed by atoms with van der Waals surface area (Å²) in [4.78, 5) is 43.8. The number of imidazole rings is 1. The Bertz CT molecular complexity index is 1480. The number of benzene rings is 3. The molecule has 1 atom stereocenters. The van der Waals surface area contributed by atoms with E-state index in [-0.39, 0.29) is 23.4 Å². The Hall–Kier alpha value is -4.13. The molecule has 2 aliphatic rings. The van der Waals surface area contributed by atoms with Gasteiger partial charge in [0.2, 0.25) is 0 Å². The van der Waals surface area contributed by atoms with Crippen LogP contribution in [-0.2, 0) is 11.2 Å². The molecular formula is C28H26N4O3. The Labute approximate surface area is 202 Å². The lowest BCUT2D eigenvalue weighted by molar-refractivity contribution is -0.132. The van der Waals surface area contributed by atoms with Crippen LogP contribution in [-0.4, -0.2) is 45.3 Å². The quantitative estimate of drug-likeness (QED) is 0.449. The molecule has 7 heteroatoms. The number of anilines is 1. The predicted octanol–water partition coefficient (Wildman–Crippen LogP) is 3.76. The second-order valence-corrected chi connectivity index (χ2v) is 9.32. The molecule has 1 unspecified atom stereocenters. The lowest BCUT2D eigenvalue weighted by Crippen LogP contribution is -2.48. The number of ketones is 1. The maximum atomic E-state index is 13.4. The van der Waals surface area contributed by atoms with Gasteiger partial charge in [0.15, 0.2) is 11.8 Å². The Morgan fingerprint density at radius 1 is 0.886 bits per heavy atom. The Balaban J connectivity index is 1.17. The summed E-state index contributed by atoms with van der Waals surface area (Å²) in [5.41, 5.74) is 5.09. The molecule has 0 bridgehead atoms. The van der Waals surface area contributed by atoms with Gasteiger partial charge in [-0.15, -0.1) is 0 Å². The maximum Gasteiger partial charge on any atom is 0.326 e. The van der Waals surface area contributed by atoms with E-state index < -0.39 is 6.04 Å². The number of hydrogen-bond acceptors (Lipinski definition) is 4. The van der Waals surface area contributed by atoms with Gasteiger partial charge in [-0.3, -0.25) is 14.2 Å². The van der Waals surface area contributed by atoms with Gasteiger partial charge in [0.1, 0.15) is 0 Å². The van der Waals surface area contributed by atoms with Crippen LogP contribution in [0.3, 0.4) is 0 Å². The van der Waals surface area contributed by atoms with Crippen LogP contribution in [0.15, 0.2) is 77.6 Å². The molecule has 1 aromatic heterocycles. The first-order chi connectivity index (χ1) is 17.1. The molecule has 35 heavy (non-hydrogen) atoms. The highest BCUT2D eigenvalue weighted by atomic mass is 16.2. The predicted molar refractivity (Wildman–Crippen MR) is 135 cm³/mol. The van der Waals surface area contributed by atoms with Gasteiger partial charge < -0.3 is 15.2 Å². The highest BCUT2D eigenvalue weighted by Crippen LogP contribution is 2.33. The fourth-order valence-electron chi connectivity index (χ4n) is 5.44. The molecule has 0 saturated carbocycles. The van der Waals surface area contributed by atoms with E-state index in [0.717, 1.165) is 27.8 Å². The number of piperidine rings is 1. The van der Waals surface area contributed by atoms with Crippen molar-refractivity contribution >= 4 is 28.4 Å². The lowest BCUT2D eigenvalue weighted by Gasteiger charge is -2.33. The van der Waals surface area contributed by atoms with Crippen LogP contribution in [0.25, 0.3) is 11.0 Å². The Kier molecular flexibility index (Phi) is 5.25. The largest absolute Gasteiger partial charge is 0.367 e. The molecule has 1 fully saturated rings. The number of carbonyl (C=O) groups is 2. The summed E-state index contributed by atoms with van der Waals surface area (Å²) in [5, 5.41) is 3.24. The zero-order valence-electron chi connectivity index (χ0n) is 19.2. The average Bonchev–Trinajstić information content (AvgIpc) is 3.41. The Morgan fingerprint density at radius 3 is 2.43 bits per heavy atom. The van der Waals surface area contributed by atoms with Crippen molar-refractivity contribution in [1.29, 1.82) is 0 Å². The summed E-state index contributed by atoms with van der Waals surface area (Å²) < 4.78 is 1.81. The van der Waals surface area contributed by atoms with Gasteiger partial charge in [0.05, 0.1) is 11.0 Å². The van der Waals surface area contributed by atoms with Crippen molar-refractivity contribution in [3.63, 3.8) is 0 Å². The number of Topliss-reactive ketones (excluding diaryl/α,β-unsaturated/α-hetero) is 1. The van der Waals surface area contributed by atoms with Gasteiger partial charge in [0.25, 0.3) is 5.91 Å². The maximum absolute atomic E-state index is 13.4. The average molecular weight is 467 g/mol. The van der Waals surface area contributed by atoms with Crippen molar-refractivity contribution in [3.8, 4) is 0 Å². The molecule has 2 aliphatic heterocycles. The number of para-hydroxylation sites is 3. The molecule has 3 aromatic carbocycles. The van der Waals surface area contributed by atoms with E-state index in [2.05, 4.69) is 22.4 Å². The molecule has 176 valence electrons. The number of aromatic amines is 1. The van der Waals surface area contributed by atoms with Crippen LogP contribution in [0, 0.1) is 0 Å². The van der Waals surface area contributed by atoms with E-state index in [9.17, 15) is 14.4 Å². The van der Waals surface area contributed by atoms with E-state index in [1.807, 2.05) is 59.2 Å². The lowest BCUT2D eigenvalue weighted by atomic mass is 9.99. The fourth-order valence-corrected chi connectivity index (χ4v) is 5.44. The number of nitrogens with zero attached hydrogens (tertiary/aromatic N) is 2. The highest BCUT2D eigenvalue weighted by Gasteiger charge is 2.40. The molecule has 4 aromatic rings. The van der Waals surface area contributed by atoms with E-state index >= 15 is 0 Å². The standard InChI is InChI=1S/C28H26N4O3/c33-26-21-10-6-9-19(17-18-7-2-1-3-8-18)24(21)30-25(26)27(34)31-15-13-20(14-16-31)32-23-12-5-4-11-22(23)29-28(32)35/h1-12,20,25,30H,13-17H2,(H,29,35). The van der Waals surface area contributed by atoms with Crippen molar-refractivity contribution in [1.82, 2.24) is 14.5 Å². The van der Waals surface area contributed by atoms with Crippen molar-refractivity contribution in [3.05, 3.63) is 100.0 Å². The third-order valence-electron chi connectivity index (χ3n) is 7.22. The first kappa shape index (κ1) is 21.4. The van der Waals surface area contributed by atoms with Crippen LogP contribution < -0.4 is 11.0 Å². The normalized spacial score (nSPS) is 18.0. The molecule has 2 N–H and O–H groups in total. The third kappa shape index (κ3) is 3.73. The minimum Gasteiger partial charge on any atom is -0.367 e. The number of amides is 1. The Morgan fingerprint density at radius 2 is 1.63 bits per heavy atom. The summed E-state index contributed by atoms with van der Waals surface area (Å²) in [5.74, 6) is -0.364. The molecule has 7 nitrogen and oxygen atoms in total. The van der Waals surface area contributed by atoms with Crippen LogP contribution in [0.4, 0.5) is 5.69 Å². The van der Waals surface area contributed by atoms with Crippen molar-refractivity contribution in [2.45, 2.75) is 31.3 Å². The molecular weight excluding hydrogens is 440 g/mol. The van der Waals surface area contributed by atoms with Gasteiger partial charge >= 0.3 is 5.69 Å². The van der Waals surface area contributed by atoms with E-state index in [0.29, 0.717) is 37.9 Å². The molecule has 0 radical (unpaired) electrons. The summed E-state index contributed by atoms with van der Waals surface area (Å²) in [6, 6.07) is 22.6. The monoisotopic (exact) mass is 466 g/mol. The summed E-state index contributed by atoms with van der Waals surface area (Å²) in [7, 11) is 0. The number of aromatic nitrogens is 2. The number of H-pyrrole nitrogens is 1. The second-order valence-electron chi connectivity index (χ2n) is 9.32. The second kappa shape index (κ2) is 8.58. The molecule has 6 rings (SSSR count). The zero-order chi connectivity index (χ0) is 23.9. The first-order valence-electron chi connectivity index (χ1n) is 12.0. The topological polar surface area (TPSA) is 87.2 Å². The van der Waals surface area contributed by atoms with Crippen LogP contribution in [0.1, 0.15) is 40.4 Å². The fraction of sp³-hybridized carbons (Fsp3) is 0.250.